The fourth-order valence-corrected chi connectivity index (χ4v) is 5.01. The van der Waals surface area contributed by atoms with E-state index in [1.165, 1.54) is 13.8 Å². The number of nitrogens with zero attached hydrogens (tertiary/aromatic N) is 3. The third kappa shape index (κ3) is 3.65. The van der Waals surface area contributed by atoms with E-state index < -0.39 is 10.8 Å². The molecule has 0 bridgehead atoms. The van der Waals surface area contributed by atoms with Crippen molar-refractivity contribution in [3.8, 4) is 5.75 Å². The largest absolute Gasteiger partial charge is 0.492 e. The number of aryl methyl sites for hydroxylation is 1. The van der Waals surface area contributed by atoms with E-state index in [1.807, 2.05) is 55.5 Å². The zero-order chi connectivity index (χ0) is 22.2. The molecule has 4 rings (SSSR count). The van der Waals surface area contributed by atoms with Crippen molar-refractivity contribution >= 4 is 40.3 Å². The fourth-order valence-electron chi connectivity index (χ4n) is 3.68. The first-order chi connectivity index (χ1) is 14.8. The normalized spacial score (nSPS) is 19.5. The molecule has 1 unspecified atom stereocenters. The maximum absolute atomic E-state index is 13.7. The number of hydrazone groups is 1. The number of fused-ring (bicyclic) bond motifs is 2. The van der Waals surface area contributed by atoms with Gasteiger partial charge in [0.05, 0.1) is 12.2 Å². The molecule has 0 fully saturated rings. The van der Waals surface area contributed by atoms with Crippen molar-refractivity contribution in [2.75, 3.05) is 18.1 Å². The molecule has 0 saturated heterocycles. The highest BCUT2D eigenvalue weighted by atomic mass is 32.2. The first-order valence-electron chi connectivity index (χ1n) is 9.80. The summed E-state index contributed by atoms with van der Waals surface area (Å²) in [4.78, 5) is 37.9. The summed E-state index contributed by atoms with van der Waals surface area (Å²) in [6.07, 6.45) is 0. The zero-order valence-corrected chi connectivity index (χ0v) is 18.2. The smallest absolute Gasteiger partial charge is 0.270 e. The predicted molar refractivity (Wildman–Crippen MR) is 119 cm³/mol. The van der Waals surface area contributed by atoms with E-state index in [1.54, 1.807) is 4.90 Å². The summed E-state index contributed by atoms with van der Waals surface area (Å²) in [5.41, 5.74) is 2.48. The van der Waals surface area contributed by atoms with E-state index in [9.17, 15) is 14.4 Å². The van der Waals surface area contributed by atoms with Gasteiger partial charge in [-0.15, -0.1) is 5.10 Å². The Morgan fingerprint density at radius 2 is 1.84 bits per heavy atom. The zero-order valence-electron chi connectivity index (χ0n) is 17.4. The van der Waals surface area contributed by atoms with Gasteiger partial charge in [-0.25, -0.2) is 0 Å². The van der Waals surface area contributed by atoms with Gasteiger partial charge >= 0.3 is 0 Å². The van der Waals surface area contributed by atoms with Crippen molar-refractivity contribution in [2.45, 2.75) is 25.6 Å². The quantitative estimate of drug-likeness (QED) is 0.792. The summed E-state index contributed by atoms with van der Waals surface area (Å²) >= 11 is 1.06. The monoisotopic (exact) mass is 438 g/mol. The van der Waals surface area contributed by atoms with Crippen molar-refractivity contribution in [3.05, 3.63) is 59.7 Å². The van der Waals surface area contributed by atoms with Crippen molar-refractivity contribution < 1.29 is 19.1 Å². The van der Waals surface area contributed by atoms with Gasteiger partial charge in [-0.3, -0.25) is 14.4 Å². The number of amides is 3. The van der Waals surface area contributed by atoms with E-state index >= 15 is 0 Å². The second kappa shape index (κ2) is 8.07. The third-order valence-corrected chi connectivity index (χ3v) is 6.25. The van der Waals surface area contributed by atoms with E-state index in [-0.39, 0.29) is 23.6 Å². The number of amidine groups is 1. The van der Waals surface area contributed by atoms with Crippen LogP contribution in [-0.2, 0) is 19.3 Å². The molecule has 31 heavy (non-hydrogen) atoms. The Kier molecular flexibility index (Phi) is 5.45. The number of rotatable bonds is 4. The van der Waals surface area contributed by atoms with Gasteiger partial charge in [0.25, 0.3) is 5.91 Å². The minimum absolute atomic E-state index is 0.212. The Labute approximate surface area is 184 Å². The number of thioether (sulfide) groups is 1. The maximum Gasteiger partial charge on any atom is 0.270 e. The molecule has 3 amide bonds. The van der Waals surface area contributed by atoms with Crippen LogP contribution in [-0.4, -0.2) is 41.0 Å². The molecule has 1 N–H and O–H groups in total. The van der Waals surface area contributed by atoms with E-state index in [2.05, 4.69) is 10.4 Å². The molecule has 2 aromatic rings. The molecule has 8 nitrogen and oxygen atoms in total. The van der Waals surface area contributed by atoms with Gasteiger partial charge in [-0.2, -0.15) is 5.01 Å². The van der Waals surface area contributed by atoms with Crippen LogP contribution in [0.15, 0.2) is 53.6 Å². The molecule has 0 aromatic heterocycles. The number of carbonyl (C=O) groups is 3. The lowest BCUT2D eigenvalue weighted by Gasteiger charge is -2.29. The Bertz CT molecular complexity index is 1090. The summed E-state index contributed by atoms with van der Waals surface area (Å²) in [5, 5.41) is 8.20. The van der Waals surface area contributed by atoms with Crippen LogP contribution in [0, 0.1) is 6.92 Å². The van der Waals surface area contributed by atoms with Crippen molar-refractivity contribution in [3.63, 3.8) is 0 Å². The number of para-hydroxylation sites is 1. The Balaban J connectivity index is 1.62. The number of hydrogen-bond donors (Lipinski definition) is 1. The fraction of sp³-hybridized carbons (Fsp3) is 0.273. The standard InChI is InChI=1S/C22H22N4O4S/c1-14-8-10-17(11-9-14)30-13-12-25-19-7-5-4-6-18(19)22(20(25)29)26(16(3)28)24-21(31-22)23-15(2)27/h4-11H,12-13H2,1-3H3,(H,23,24,27). The third-order valence-electron chi connectivity index (χ3n) is 5.01. The number of hydrogen-bond acceptors (Lipinski definition) is 6. The summed E-state index contributed by atoms with van der Waals surface area (Å²) in [6, 6.07) is 15.0. The molecule has 9 heteroatoms. The summed E-state index contributed by atoms with van der Waals surface area (Å²) in [6.45, 7) is 5.28. The van der Waals surface area contributed by atoms with Crippen LogP contribution in [0.1, 0.15) is 25.0 Å². The molecule has 2 aliphatic rings. The highest BCUT2D eigenvalue weighted by molar-refractivity contribution is 8.15. The topological polar surface area (TPSA) is 91.3 Å². The number of benzene rings is 2. The summed E-state index contributed by atoms with van der Waals surface area (Å²) in [7, 11) is 0. The second-order valence-corrected chi connectivity index (χ2v) is 8.48. The number of anilines is 1. The van der Waals surface area contributed by atoms with E-state index in [4.69, 9.17) is 4.74 Å². The van der Waals surface area contributed by atoms with Crippen molar-refractivity contribution in [2.24, 2.45) is 5.10 Å². The van der Waals surface area contributed by atoms with Crippen LogP contribution >= 0.6 is 11.8 Å². The maximum atomic E-state index is 13.7. The van der Waals surface area contributed by atoms with Crippen LogP contribution in [0.4, 0.5) is 5.69 Å². The molecule has 0 saturated carbocycles. The van der Waals surface area contributed by atoms with Crippen LogP contribution in [0.3, 0.4) is 0 Å². The number of carbonyl (C=O) groups excluding carboxylic acids is 3. The summed E-state index contributed by atoms with van der Waals surface area (Å²) < 4.78 is 5.82. The molecular formula is C22H22N4O4S. The first kappa shape index (κ1) is 20.9. The molecule has 1 atom stereocenters. The van der Waals surface area contributed by atoms with Gasteiger partial charge in [0, 0.05) is 19.4 Å². The molecule has 2 aromatic carbocycles. The molecule has 0 radical (unpaired) electrons. The average molecular weight is 439 g/mol. The minimum atomic E-state index is -1.38. The van der Waals surface area contributed by atoms with E-state index in [0.717, 1.165) is 28.1 Å². The van der Waals surface area contributed by atoms with Crippen LogP contribution in [0.5, 0.6) is 5.75 Å². The van der Waals surface area contributed by atoms with E-state index in [0.29, 0.717) is 17.8 Å². The van der Waals surface area contributed by atoms with Gasteiger partial charge in [0.15, 0.2) is 5.17 Å². The molecular weight excluding hydrogens is 416 g/mol. The molecule has 0 aliphatic carbocycles. The number of nitrogens with one attached hydrogen (secondary N) is 1. The molecule has 2 heterocycles. The Morgan fingerprint density at radius 1 is 1.13 bits per heavy atom. The summed E-state index contributed by atoms with van der Waals surface area (Å²) in [5.74, 6) is -0.301. The molecule has 1 spiro atoms. The van der Waals surface area contributed by atoms with Crippen molar-refractivity contribution in [1.82, 2.24) is 10.3 Å². The Hall–Kier alpha value is -3.33. The van der Waals surface area contributed by atoms with Gasteiger partial charge in [-0.05, 0) is 36.9 Å². The lowest BCUT2D eigenvalue weighted by molar-refractivity contribution is -0.139. The van der Waals surface area contributed by atoms with Crippen LogP contribution in [0.25, 0.3) is 0 Å². The molecule has 2 aliphatic heterocycles. The highest BCUT2D eigenvalue weighted by Gasteiger charge is 2.61. The second-order valence-electron chi connectivity index (χ2n) is 7.30. The first-order valence-corrected chi connectivity index (χ1v) is 10.6. The number of ether oxygens (including phenoxy) is 1. The molecule has 160 valence electrons. The highest BCUT2D eigenvalue weighted by Crippen LogP contribution is 2.54. The average Bonchev–Trinajstić information content (AvgIpc) is 3.21. The van der Waals surface area contributed by atoms with Crippen LogP contribution < -0.4 is 15.0 Å². The predicted octanol–water partition coefficient (Wildman–Crippen LogP) is 2.58. The lowest BCUT2D eigenvalue weighted by atomic mass is 10.1. The minimum Gasteiger partial charge on any atom is -0.492 e. The van der Waals surface area contributed by atoms with Gasteiger partial charge in [-0.1, -0.05) is 35.9 Å². The Morgan fingerprint density at radius 3 is 2.52 bits per heavy atom. The van der Waals surface area contributed by atoms with Crippen LogP contribution in [0.2, 0.25) is 0 Å². The van der Waals surface area contributed by atoms with Gasteiger partial charge < -0.3 is 15.0 Å². The van der Waals surface area contributed by atoms with Gasteiger partial charge in [0.2, 0.25) is 16.7 Å². The van der Waals surface area contributed by atoms with Gasteiger partial charge in [0.1, 0.15) is 12.4 Å². The van der Waals surface area contributed by atoms with Crippen molar-refractivity contribution in [1.29, 1.82) is 0 Å². The lowest BCUT2D eigenvalue weighted by Crippen LogP contribution is -2.49. The SMILES string of the molecule is CC(=O)NC1=NN(C(C)=O)C2(S1)C(=O)N(CCOc1ccc(C)cc1)c1ccccc12.